The molecule has 2 aromatic heterocycles. The summed E-state index contributed by atoms with van der Waals surface area (Å²) in [5.41, 5.74) is 1.90. The highest BCUT2D eigenvalue weighted by Crippen LogP contribution is 2.24. The second-order valence-electron chi connectivity index (χ2n) is 6.76. The van der Waals surface area contributed by atoms with Crippen molar-refractivity contribution in [2.24, 2.45) is 0 Å². The Morgan fingerprint density at radius 2 is 1.97 bits per heavy atom. The molecular formula is C19H16ClN6O4-. The smallest absolute Gasteiger partial charge is 0.352 e. The number of carbonyl (C=O) groups is 1. The van der Waals surface area contributed by atoms with Gasteiger partial charge < -0.3 is 20.3 Å². The molecule has 2 heterocycles. The molecule has 0 radical (unpaired) electrons. The van der Waals surface area contributed by atoms with E-state index >= 15 is 0 Å². The van der Waals surface area contributed by atoms with Crippen molar-refractivity contribution < 1.29 is 19.4 Å². The summed E-state index contributed by atoms with van der Waals surface area (Å²) in [4.78, 5) is 11.3. The molecule has 4 aromatic rings. The third-order valence-electron chi connectivity index (χ3n) is 4.91. The fourth-order valence-corrected chi connectivity index (χ4v) is 3.51. The van der Waals surface area contributed by atoms with Crippen LogP contribution in [0.1, 0.15) is 25.1 Å². The summed E-state index contributed by atoms with van der Waals surface area (Å²) < 4.78 is 2.55. The average Bonchev–Trinajstić information content (AvgIpc) is 3.13. The SMILES string of the molecule is CCC(C(=O)[O-])n1nnc2cc(Nc3c(C)[n+]([O-])c4ccc(Cl)cc4[n+]3[O-])ccc21. The quantitative estimate of drug-likeness (QED) is 0.374. The van der Waals surface area contributed by atoms with Crippen LogP contribution < -0.4 is 19.9 Å². The molecule has 4 rings (SSSR count). The lowest BCUT2D eigenvalue weighted by Crippen LogP contribution is -2.43. The minimum atomic E-state index is -1.25. The zero-order chi connectivity index (χ0) is 21.6. The molecule has 0 fully saturated rings. The number of carboxylic acid groups (broad SMARTS) is 1. The summed E-state index contributed by atoms with van der Waals surface area (Å²) in [6.45, 7) is 3.24. The van der Waals surface area contributed by atoms with Crippen LogP contribution in [0.15, 0.2) is 36.4 Å². The maximum Gasteiger partial charge on any atom is 0.352 e. The first-order chi connectivity index (χ1) is 14.3. The van der Waals surface area contributed by atoms with E-state index in [9.17, 15) is 20.3 Å². The van der Waals surface area contributed by atoms with Gasteiger partial charge in [0.05, 0.1) is 17.5 Å². The molecule has 30 heavy (non-hydrogen) atoms. The van der Waals surface area contributed by atoms with Crippen molar-refractivity contribution in [2.45, 2.75) is 26.3 Å². The number of nitrogens with one attached hydrogen (secondary N) is 1. The number of carboxylic acids is 1. The summed E-state index contributed by atoms with van der Waals surface area (Å²) in [7, 11) is 0. The predicted octanol–water partition coefficient (Wildman–Crippen LogP) is 1.26. The molecular weight excluding hydrogens is 412 g/mol. The molecule has 0 aliphatic rings. The number of carbonyl (C=O) groups excluding carboxylic acids is 1. The standard InChI is InChI=1S/C19H17ClN6O4/c1-3-14(19(27)28)24-15-7-5-12(9-13(15)22-23-24)21-18-10(2)25(29)16-6-4-11(20)8-17(16)26(18)30/h4-9,14,21H,3H2,1-2H3,(H,27,28)/p-1. The zero-order valence-corrected chi connectivity index (χ0v) is 16.8. The molecule has 1 atom stereocenters. The molecule has 1 N–H and O–H groups in total. The summed E-state index contributed by atoms with van der Waals surface area (Å²) in [6, 6.07) is 8.39. The maximum absolute atomic E-state index is 12.9. The van der Waals surface area contributed by atoms with E-state index in [0.717, 1.165) is 0 Å². The number of fused-ring (bicyclic) bond motifs is 2. The van der Waals surface area contributed by atoms with Crippen molar-refractivity contribution in [1.29, 1.82) is 0 Å². The molecule has 2 aromatic carbocycles. The van der Waals surface area contributed by atoms with Crippen LogP contribution >= 0.6 is 11.6 Å². The monoisotopic (exact) mass is 427 g/mol. The Bertz CT molecular complexity index is 1310. The molecule has 154 valence electrons. The minimum absolute atomic E-state index is 0.0349. The van der Waals surface area contributed by atoms with Crippen molar-refractivity contribution >= 4 is 51.1 Å². The first-order valence-corrected chi connectivity index (χ1v) is 9.47. The normalized spacial score (nSPS) is 12.4. The molecule has 0 amide bonds. The maximum atomic E-state index is 12.9. The van der Waals surface area contributed by atoms with Gasteiger partial charge in [-0.25, -0.2) is 14.7 Å². The van der Waals surface area contributed by atoms with Gasteiger partial charge in [0.2, 0.25) is 5.52 Å². The summed E-state index contributed by atoms with van der Waals surface area (Å²) in [6.07, 6.45) is 0.291. The van der Waals surface area contributed by atoms with E-state index in [0.29, 0.717) is 37.6 Å². The van der Waals surface area contributed by atoms with Gasteiger partial charge in [-0.2, -0.15) is 4.73 Å². The molecule has 0 spiro atoms. The lowest BCUT2D eigenvalue weighted by molar-refractivity contribution is -0.623. The average molecular weight is 428 g/mol. The Kier molecular flexibility index (Phi) is 4.78. The summed E-state index contributed by atoms with van der Waals surface area (Å²) in [5, 5.41) is 48.0. The number of nitrogens with zero attached hydrogens (tertiary/aromatic N) is 5. The topological polar surface area (TPSA) is 137 Å². The Morgan fingerprint density at radius 1 is 1.20 bits per heavy atom. The Balaban J connectivity index is 1.78. The number of aliphatic carboxylic acids is 1. The summed E-state index contributed by atoms with van der Waals surface area (Å²) in [5.74, 6) is -1.21. The molecule has 10 nitrogen and oxygen atoms in total. The van der Waals surface area contributed by atoms with Crippen LogP contribution in [-0.2, 0) is 4.79 Å². The van der Waals surface area contributed by atoms with Crippen molar-refractivity contribution in [3.05, 3.63) is 57.5 Å². The van der Waals surface area contributed by atoms with Crippen molar-refractivity contribution in [2.75, 3.05) is 5.32 Å². The van der Waals surface area contributed by atoms with E-state index in [1.165, 1.54) is 29.8 Å². The highest BCUT2D eigenvalue weighted by Gasteiger charge is 2.24. The van der Waals surface area contributed by atoms with Gasteiger partial charge in [-0.1, -0.05) is 23.7 Å². The van der Waals surface area contributed by atoms with Gasteiger partial charge in [0.15, 0.2) is 0 Å². The third kappa shape index (κ3) is 3.11. The largest absolute Gasteiger partial charge is 0.710 e. The first-order valence-electron chi connectivity index (χ1n) is 9.09. The predicted molar refractivity (Wildman–Crippen MR) is 107 cm³/mol. The van der Waals surface area contributed by atoms with E-state index < -0.39 is 12.0 Å². The van der Waals surface area contributed by atoms with Crippen LogP contribution in [0.4, 0.5) is 11.5 Å². The van der Waals surface area contributed by atoms with Crippen LogP contribution in [0, 0.1) is 17.3 Å². The fourth-order valence-electron chi connectivity index (χ4n) is 3.34. The van der Waals surface area contributed by atoms with E-state index in [1.807, 2.05) is 0 Å². The second-order valence-corrected chi connectivity index (χ2v) is 7.20. The number of anilines is 2. The number of hydrogen-bond acceptors (Lipinski definition) is 7. The third-order valence-corrected chi connectivity index (χ3v) is 5.15. The number of benzene rings is 2. The van der Waals surface area contributed by atoms with Gasteiger partial charge in [-0.15, -0.1) is 5.10 Å². The molecule has 0 bridgehead atoms. The van der Waals surface area contributed by atoms with Gasteiger partial charge in [0.1, 0.15) is 11.2 Å². The fraction of sp³-hybridized carbons (Fsp3) is 0.211. The molecule has 0 aliphatic carbocycles. The van der Waals surface area contributed by atoms with E-state index in [-0.39, 0.29) is 22.5 Å². The van der Waals surface area contributed by atoms with Gasteiger partial charge in [0, 0.05) is 30.1 Å². The van der Waals surface area contributed by atoms with Crippen LogP contribution in [0.3, 0.4) is 0 Å². The summed E-state index contributed by atoms with van der Waals surface area (Å²) >= 11 is 5.97. The van der Waals surface area contributed by atoms with Crippen molar-refractivity contribution in [3.8, 4) is 0 Å². The Hall–Kier alpha value is -3.66. The molecule has 11 heteroatoms. The lowest BCUT2D eigenvalue weighted by Gasteiger charge is -2.16. The van der Waals surface area contributed by atoms with E-state index in [1.54, 1.807) is 25.1 Å². The lowest BCUT2D eigenvalue weighted by atomic mass is 10.2. The molecule has 0 saturated heterocycles. The van der Waals surface area contributed by atoms with Gasteiger partial charge >= 0.3 is 5.82 Å². The second kappa shape index (κ2) is 7.30. The van der Waals surface area contributed by atoms with Gasteiger partial charge in [-0.3, -0.25) is 0 Å². The van der Waals surface area contributed by atoms with Crippen LogP contribution in [0.5, 0.6) is 0 Å². The van der Waals surface area contributed by atoms with Crippen molar-refractivity contribution in [1.82, 2.24) is 15.0 Å². The van der Waals surface area contributed by atoms with E-state index in [2.05, 4.69) is 15.6 Å². The first kappa shape index (κ1) is 19.6. The zero-order valence-electron chi connectivity index (χ0n) is 16.0. The number of halogens is 1. The van der Waals surface area contributed by atoms with Gasteiger partial charge in [-0.05, 0) is 24.6 Å². The Morgan fingerprint density at radius 3 is 2.67 bits per heavy atom. The van der Waals surface area contributed by atoms with Crippen LogP contribution in [0.2, 0.25) is 5.02 Å². The van der Waals surface area contributed by atoms with Crippen LogP contribution in [-0.4, -0.2) is 21.0 Å². The number of hydrogen-bond donors (Lipinski definition) is 1. The highest BCUT2D eigenvalue weighted by molar-refractivity contribution is 6.31. The molecule has 0 saturated carbocycles. The van der Waals surface area contributed by atoms with Crippen molar-refractivity contribution in [3.63, 3.8) is 0 Å². The number of aromatic nitrogens is 5. The highest BCUT2D eigenvalue weighted by atomic mass is 35.5. The van der Waals surface area contributed by atoms with E-state index in [4.69, 9.17) is 11.6 Å². The van der Waals surface area contributed by atoms with Gasteiger partial charge in [0.25, 0.3) is 11.2 Å². The minimum Gasteiger partial charge on any atom is -0.710 e. The van der Waals surface area contributed by atoms with Crippen LogP contribution in [0.25, 0.3) is 22.1 Å². The number of rotatable bonds is 5. The molecule has 0 aliphatic heterocycles. The molecule has 1 unspecified atom stereocenters. The Labute approximate surface area is 175 Å².